The maximum atomic E-state index is 11.1. The molecule has 0 aliphatic carbocycles. The normalized spacial score (nSPS) is 14.5. The van der Waals surface area contributed by atoms with Crippen LogP contribution in [0.5, 0.6) is 0 Å². The summed E-state index contributed by atoms with van der Waals surface area (Å²) in [4.78, 5) is 11.1. The average molecular weight is 232 g/mol. The maximum absolute atomic E-state index is 11.1. The number of carbonyl (C=O) groups is 1. The molecule has 96 valence electrons. The molecule has 1 unspecified atom stereocenters. The van der Waals surface area contributed by atoms with Crippen molar-refractivity contribution < 1.29 is 14.6 Å². The van der Waals surface area contributed by atoms with Crippen molar-refractivity contribution in [3.05, 3.63) is 0 Å². The lowest BCUT2D eigenvalue weighted by Crippen LogP contribution is -2.40. The molecule has 0 fully saturated rings. The van der Waals surface area contributed by atoms with Gasteiger partial charge >= 0.3 is 0 Å². The van der Waals surface area contributed by atoms with Crippen LogP contribution in [0.1, 0.15) is 26.7 Å². The first-order valence-corrected chi connectivity index (χ1v) is 5.70. The van der Waals surface area contributed by atoms with Crippen LogP contribution in [0, 0.1) is 0 Å². The van der Waals surface area contributed by atoms with Crippen molar-refractivity contribution in [2.75, 3.05) is 33.4 Å². The van der Waals surface area contributed by atoms with Crippen molar-refractivity contribution >= 4 is 5.91 Å². The largest absolute Gasteiger partial charge is 0.389 e. The lowest BCUT2D eigenvalue weighted by molar-refractivity contribution is -0.120. The number of ether oxygens (including phenoxy) is 1. The van der Waals surface area contributed by atoms with Crippen LogP contribution in [0.2, 0.25) is 0 Å². The van der Waals surface area contributed by atoms with E-state index in [9.17, 15) is 9.90 Å². The van der Waals surface area contributed by atoms with Crippen LogP contribution in [0.15, 0.2) is 0 Å². The monoisotopic (exact) mass is 232 g/mol. The fraction of sp³-hybridized carbons (Fsp3) is 0.909. The summed E-state index contributed by atoms with van der Waals surface area (Å²) < 4.78 is 4.90. The molecule has 0 heterocycles. The van der Waals surface area contributed by atoms with Gasteiger partial charge in [0.25, 0.3) is 0 Å². The Hall–Kier alpha value is -0.650. The van der Waals surface area contributed by atoms with Crippen molar-refractivity contribution in [2.24, 2.45) is 0 Å². The average Bonchev–Trinajstić information content (AvgIpc) is 2.22. The third-order valence-electron chi connectivity index (χ3n) is 2.25. The summed E-state index contributed by atoms with van der Waals surface area (Å²) in [5.41, 5.74) is -0.781. The number of hydrogen-bond acceptors (Lipinski definition) is 4. The number of rotatable bonds is 9. The zero-order valence-electron chi connectivity index (χ0n) is 10.5. The number of amides is 1. The van der Waals surface area contributed by atoms with E-state index in [2.05, 4.69) is 10.6 Å². The van der Waals surface area contributed by atoms with E-state index in [1.807, 2.05) is 6.92 Å². The van der Waals surface area contributed by atoms with Crippen LogP contribution in [0.25, 0.3) is 0 Å². The van der Waals surface area contributed by atoms with Gasteiger partial charge in [0.05, 0.1) is 5.60 Å². The molecule has 0 aliphatic heterocycles. The molecule has 0 radical (unpaired) electrons. The lowest BCUT2D eigenvalue weighted by Gasteiger charge is -2.23. The highest BCUT2D eigenvalue weighted by Gasteiger charge is 2.19. The quantitative estimate of drug-likeness (QED) is 0.485. The minimum Gasteiger partial charge on any atom is -0.389 e. The molecule has 0 aromatic rings. The van der Waals surface area contributed by atoms with E-state index in [1.54, 1.807) is 14.0 Å². The third kappa shape index (κ3) is 8.64. The summed E-state index contributed by atoms with van der Waals surface area (Å²) in [6.45, 7) is 5.88. The Morgan fingerprint density at radius 3 is 2.75 bits per heavy atom. The van der Waals surface area contributed by atoms with E-state index in [0.29, 0.717) is 39.1 Å². The van der Waals surface area contributed by atoms with Crippen LogP contribution in [0.3, 0.4) is 0 Å². The maximum Gasteiger partial charge on any atom is 0.221 e. The van der Waals surface area contributed by atoms with Gasteiger partial charge in [-0.2, -0.15) is 0 Å². The van der Waals surface area contributed by atoms with E-state index in [0.717, 1.165) is 0 Å². The van der Waals surface area contributed by atoms with Gasteiger partial charge in [-0.3, -0.25) is 4.79 Å². The molecule has 0 aromatic heterocycles. The van der Waals surface area contributed by atoms with Crippen molar-refractivity contribution in [2.45, 2.75) is 32.3 Å². The number of methoxy groups -OCH3 is 1. The second kappa shape index (κ2) is 8.50. The zero-order valence-corrected chi connectivity index (χ0v) is 10.5. The van der Waals surface area contributed by atoms with E-state index in [4.69, 9.17) is 4.74 Å². The van der Waals surface area contributed by atoms with E-state index >= 15 is 0 Å². The smallest absolute Gasteiger partial charge is 0.221 e. The van der Waals surface area contributed by atoms with Gasteiger partial charge < -0.3 is 20.5 Å². The van der Waals surface area contributed by atoms with Crippen molar-refractivity contribution in [1.29, 1.82) is 0 Å². The Morgan fingerprint density at radius 1 is 1.50 bits per heavy atom. The van der Waals surface area contributed by atoms with Crippen LogP contribution in [0.4, 0.5) is 0 Å². The van der Waals surface area contributed by atoms with Gasteiger partial charge in [0.1, 0.15) is 0 Å². The molecule has 3 N–H and O–H groups in total. The van der Waals surface area contributed by atoms with Crippen LogP contribution < -0.4 is 10.6 Å². The summed E-state index contributed by atoms with van der Waals surface area (Å²) in [6, 6.07) is 0. The molecule has 0 aliphatic rings. The van der Waals surface area contributed by atoms with Gasteiger partial charge in [0.15, 0.2) is 0 Å². The minimum absolute atomic E-state index is 0.0338. The molecule has 0 aromatic carbocycles. The Morgan fingerprint density at radius 2 is 2.19 bits per heavy atom. The second-order valence-corrected chi connectivity index (χ2v) is 4.12. The summed E-state index contributed by atoms with van der Waals surface area (Å²) in [6.07, 6.45) is 1.02. The molecule has 0 spiro atoms. The van der Waals surface area contributed by atoms with Gasteiger partial charge in [-0.25, -0.2) is 0 Å². The number of hydrogen-bond donors (Lipinski definition) is 3. The molecule has 0 rings (SSSR count). The molecule has 0 saturated carbocycles. The lowest BCUT2D eigenvalue weighted by atomic mass is 10.0. The van der Waals surface area contributed by atoms with Crippen LogP contribution in [-0.2, 0) is 9.53 Å². The summed E-state index contributed by atoms with van der Waals surface area (Å²) in [5, 5.41) is 15.6. The van der Waals surface area contributed by atoms with Gasteiger partial charge in [0.2, 0.25) is 5.91 Å². The number of nitrogens with one attached hydrogen (secondary N) is 2. The fourth-order valence-corrected chi connectivity index (χ4v) is 1.26. The Bertz CT molecular complexity index is 196. The van der Waals surface area contributed by atoms with E-state index < -0.39 is 5.60 Å². The standard InChI is InChI=1S/C11H24N2O3/c1-4-13-10(14)5-7-12-9-11(2,15)6-8-16-3/h12,15H,4-9H2,1-3H3,(H,13,14). The number of carbonyl (C=O) groups excluding carboxylic acids is 1. The van der Waals surface area contributed by atoms with E-state index in [-0.39, 0.29) is 5.91 Å². The molecule has 5 heteroatoms. The van der Waals surface area contributed by atoms with Gasteiger partial charge in [-0.05, 0) is 13.8 Å². The van der Waals surface area contributed by atoms with Gasteiger partial charge in [-0.15, -0.1) is 0 Å². The van der Waals surface area contributed by atoms with Crippen molar-refractivity contribution in [3.63, 3.8) is 0 Å². The molecule has 16 heavy (non-hydrogen) atoms. The summed E-state index contributed by atoms with van der Waals surface area (Å²) in [7, 11) is 1.61. The number of aliphatic hydroxyl groups is 1. The van der Waals surface area contributed by atoms with Gasteiger partial charge in [-0.1, -0.05) is 0 Å². The van der Waals surface area contributed by atoms with Crippen LogP contribution in [-0.4, -0.2) is 50.0 Å². The molecule has 1 atom stereocenters. The predicted octanol–water partition coefficient (Wildman–Crippen LogP) is -0.110. The van der Waals surface area contributed by atoms with Crippen molar-refractivity contribution in [1.82, 2.24) is 10.6 Å². The molecule has 0 bridgehead atoms. The molecule has 0 saturated heterocycles. The van der Waals surface area contributed by atoms with E-state index in [1.165, 1.54) is 0 Å². The molecular weight excluding hydrogens is 208 g/mol. The highest BCUT2D eigenvalue weighted by atomic mass is 16.5. The first kappa shape index (κ1) is 15.3. The highest BCUT2D eigenvalue weighted by molar-refractivity contribution is 5.75. The SMILES string of the molecule is CCNC(=O)CCNCC(C)(O)CCOC. The molecular formula is C11H24N2O3. The minimum atomic E-state index is -0.781. The summed E-state index contributed by atoms with van der Waals surface area (Å²) in [5.74, 6) is 0.0338. The van der Waals surface area contributed by atoms with Gasteiger partial charge in [0, 0.05) is 46.2 Å². The predicted molar refractivity (Wildman–Crippen MR) is 63.3 cm³/mol. The first-order chi connectivity index (χ1) is 7.52. The van der Waals surface area contributed by atoms with Crippen LogP contribution >= 0.6 is 0 Å². The molecule has 1 amide bonds. The second-order valence-electron chi connectivity index (χ2n) is 4.12. The molecule has 5 nitrogen and oxygen atoms in total. The highest BCUT2D eigenvalue weighted by Crippen LogP contribution is 2.07. The summed E-state index contributed by atoms with van der Waals surface area (Å²) >= 11 is 0. The topological polar surface area (TPSA) is 70.6 Å². The Kier molecular flexibility index (Phi) is 8.15. The zero-order chi connectivity index (χ0) is 12.4. The first-order valence-electron chi connectivity index (χ1n) is 5.70. The third-order valence-corrected chi connectivity index (χ3v) is 2.25. The van der Waals surface area contributed by atoms with Crippen molar-refractivity contribution in [3.8, 4) is 0 Å². The Balaban J connectivity index is 3.52. The fourth-order valence-electron chi connectivity index (χ4n) is 1.26. The Labute approximate surface area is 97.6 Å².